The van der Waals surface area contributed by atoms with E-state index in [1.54, 1.807) is 25.6 Å². The standard InChI is InChI=1S/C13H15F3N4/c1-6-10(7(2)20(3)19-6)13(18-17)8-4-5-9(14)12(16)11(8)15/h4-5,13,18H,17H2,1-3H3. The van der Waals surface area contributed by atoms with E-state index >= 15 is 0 Å². The maximum Gasteiger partial charge on any atom is 0.194 e. The zero-order valence-electron chi connectivity index (χ0n) is 11.3. The minimum atomic E-state index is -1.51. The van der Waals surface area contributed by atoms with Crippen LogP contribution in [0.15, 0.2) is 12.1 Å². The lowest BCUT2D eigenvalue weighted by Crippen LogP contribution is -2.30. The first-order chi connectivity index (χ1) is 9.38. The third-order valence-electron chi connectivity index (χ3n) is 3.40. The zero-order chi connectivity index (χ0) is 15.0. The summed E-state index contributed by atoms with van der Waals surface area (Å²) >= 11 is 0. The third-order valence-corrected chi connectivity index (χ3v) is 3.40. The molecule has 0 saturated heterocycles. The van der Waals surface area contributed by atoms with Crippen LogP contribution in [0.3, 0.4) is 0 Å². The van der Waals surface area contributed by atoms with Gasteiger partial charge in [0, 0.05) is 23.9 Å². The highest BCUT2D eigenvalue weighted by Gasteiger charge is 2.26. The van der Waals surface area contributed by atoms with Gasteiger partial charge >= 0.3 is 0 Å². The van der Waals surface area contributed by atoms with Crippen LogP contribution in [0.4, 0.5) is 13.2 Å². The summed E-state index contributed by atoms with van der Waals surface area (Å²) in [6.07, 6.45) is 0. The van der Waals surface area contributed by atoms with Crippen LogP contribution < -0.4 is 11.3 Å². The fourth-order valence-corrected chi connectivity index (χ4v) is 2.30. The van der Waals surface area contributed by atoms with E-state index in [-0.39, 0.29) is 5.56 Å². The fourth-order valence-electron chi connectivity index (χ4n) is 2.30. The number of nitrogens with two attached hydrogens (primary N) is 1. The Balaban J connectivity index is 2.62. The summed E-state index contributed by atoms with van der Waals surface area (Å²) in [6.45, 7) is 3.53. The van der Waals surface area contributed by atoms with Crippen LogP contribution in [0.5, 0.6) is 0 Å². The lowest BCUT2D eigenvalue weighted by Gasteiger charge is -2.18. The molecule has 0 aliphatic rings. The van der Waals surface area contributed by atoms with Crippen molar-refractivity contribution in [3.8, 4) is 0 Å². The van der Waals surface area contributed by atoms with Gasteiger partial charge in [-0.15, -0.1) is 0 Å². The van der Waals surface area contributed by atoms with Crippen molar-refractivity contribution in [2.75, 3.05) is 0 Å². The molecule has 0 saturated carbocycles. The normalized spacial score (nSPS) is 12.8. The van der Waals surface area contributed by atoms with E-state index in [4.69, 9.17) is 5.84 Å². The molecule has 7 heteroatoms. The molecule has 2 aromatic rings. The van der Waals surface area contributed by atoms with Gasteiger partial charge in [0.25, 0.3) is 0 Å². The Morgan fingerprint density at radius 2 is 1.85 bits per heavy atom. The smallest absolute Gasteiger partial charge is 0.194 e. The van der Waals surface area contributed by atoms with Gasteiger partial charge in [-0.3, -0.25) is 10.5 Å². The number of aromatic nitrogens is 2. The Morgan fingerprint density at radius 3 is 2.35 bits per heavy atom. The molecule has 1 aromatic heterocycles. The number of nitrogens with zero attached hydrogens (tertiary/aromatic N) is 2. The van der Waals surface area contributed by atoms with E-state index in [2.05, 4.69) is 10.5 Å². The molecule has 1 heterocycles. The average molecular weight is 284 g/mol. The molecule has 3 N–H and O–H groups in total. The number of hydrogen-bond acceptors (Lipinski definition) is 3. The minimum Gasteiger partial charge on any atom is -0.272 e. The molecule has 20 heavy (non-hydrogen) atoms. The molecule has 0 aliphatic carbocycles. The summed E-state index contributed by atoms with van der Waals surface area (Å²) in [5.74, 6) is 1.47. The SMILES string of the molecule is Cc1nn(C)c(C)c1C(NN)c1ccc(F)c(F)c1F. The van der Waals surface area contributed by atoms with Gasteiger partial charge < -0.3 is 0 Å². The topological polar surface area (TPSA) is 55.9 Å². The summed E-state index contributed by atoms with van der Waals surface area (Å²) in [6, 6.07) is 1.24. The summed E-state index contributed by atoms with van der Waals surface area (Å²) in [5, 5.41) is 4.21. The van der Waals surface area contributed by atoms with Gasteiger partial charge in [-0.25, -0.2) is 18.6 Å². The van der Waals surface area contributed by atoms with E-state index in [1.165, 1.54) is 6.07 Å². The Bertz CT molecular complexity index is 652. The van der Waals surface area contributed by atoms with Crippen molar-refractivity contribution in [3.63, 3.8) is 0 Å². The highest BCUT2D eigenvalue weighted by molar-refractivity contribution is 5.38. The molecule has 0 spiro atoms. The van der Waals surface area contributed by atoms with Gasteiger partial charge in [-0.05, 0) is 19.9 Å². The summed E-state index contributed by atoms with van der Waals surface area (Å²) in [7, 11) is 1.74. The molecular formula is C13H15F3N4. The van der Waals surface area contributed by atoms with Crippen molar-refractivity contribution in [3.05, 3.63) is 52.1 Å². The maximum atomic E-state index is 13.9. The van der Waals surface area contributed by atoms with Gasteiger partial charge in [0.15, 0.2) is 17.5 Å². The predicted octanol–water partition coefficient (Wildman–Crippen LogP) is 2.01. The number of halogens is 3. The molecule has 0 bridgehead atoms. The van der Waals surface area contributed by atoms with E-state index in [0.29, 0.717) is 11.3 Å². The largest absolute Gasteiger partial charge is 0.272 e. The first kappa shape index (κ1) is 14.5. The van der Waals surface area contributed by atoms with Crippen LogP contribution in [-0.2, 0) is 7.05 Å². The quantitative estimate of drug-likeness (QED) is 0.515. The minimum absolute atomic E-state index is 0.0643. The van der Waals surface area contributed by atoms with Gasteiger partial charge in [0.2, 0.25) is 0 Å². The second-order valence-corrected chi connectivity index (χ2v) is 4.57. The highest BCUT2D eigenvalue weighted by atomic mass is 19.2. The van der Waals surface area contributed by atoms with Crippen LogP contribution >= 0.6 is 0 Å². The Morgan fingerprint density at radius 1 is 1.20 bits per heavy atom. The van der Waals surface area contributed by atoms with Crippen molar-refractivity contribution >= 4 is 0 Å². The van der Waals surface area contributed by atoms with E-state index in [9.17, 15) is 13.2 Å². The summed E-state index contributed by atoms with van der Waals surface area (Å²) in [5.41, 5.74) is 4.40. The van der Waals surface area contributed by atoms with E-state index < -0.39 is 23.5 Å². The van der Waals surface area contributed by atoms with Gasteiger partial charge in [0.1, 0.15) is 0 Å². The first-order valence-corrected chi connectivity index (χ1v) is 5.98. The molecular weight excluding hydrogens is 269 g/mol. The molecule has 0 fully saturated rings. The maximum absolute atomic E-state index is 13.9. The summed E-state index contributed by atoms with van der Waals surface area (Å²) in [4.78, 5) is 0. The van der Waals surface area contributed by atoms with E-state index in [1.807, 2.05) is 0 Å². The van der Waals surface area contributed by atoms with Crippen molar-refractivity contribution < 1.29 is 13.2 Å². The van der Waals surface area contributed by atoms with Crippen LogP contribution in [0, 0.1) is 31.3 Å². The molecule has 1 aromatic carbocycles. The molecule has 1 atom stereocenters. The van der Waals surface area contributed by atoms with Gasteiger partial charge in [-0.2, -0.15) is 5.10 Å². The number of hydrogen-bond donors (Lipinski definition) is 2. The Hall–Kier alpha value is -1.86. The second kappa shape index (κ2) is 5.26. The summed E-state index contributed by atoms with van der Waals surface area (Å²) < 4.78 is 41.9. The van der Waals surface area contributed by atoms with Crippen molar-refractivity contribution in [2.45, 2.75) is 19.9 Å². The van der Waals surface area contributed by atoms with Crippen molar-refractivity contribution in [2.24, 2.45) is 12.9 Å². The number of hydrazine groups is 1. The predicted molar refractivity (Wildman–Crippen MR) is 68.2 cm³/mol. The van der Waals surface area contributed by atoms with Crippen molar-refractivity contribution in [1.82, 2.24) is 15.2 Å². The average Bonchev–Trinajstić information content (AvgIpc) is 2.65. The molecule has 0 amide bonds. The Labute approximate surface area is 114 Å². The van der Waals surface area contributed by atoms with Gasteiger partial charge in [-0.1, -0.05) is 6.07 Å². The molecule has 2 rings (SSSR count). The van der Waals surface area contributed by atoms with Crippen LogP contribution in [0.1, 0.15) is 28.6 Å². The van der Waals surface area contributed by atoms with Crippen molar-refractivity contribution in [1.29, 1.82) is 0 Å². The number of nitrogens with one attached hydrogen (secondary N) is 1. The van der Waals surface area contributed by atoms with E-state index in [0.717, 1.165) is 11.8 Å². The molecule has 4 nitrogen and oxygen atoms in total. The molecule has 0 radical (unpaired) electrons. The molecule has 108 valence electrons. The van der Waals surface area contributed by atoms with Crippen LogP contribution in [0.25, 0.3) is 0 Å². The number of aryl methyl sites for hydroxylation is 2. The zero-order valence-corrected chi connectivity index (χ0v) is 11.3. The highest BCUT2D eigenvalue weighted by Crippen LogP contribution is 2.30. The lowest BCUT2D eigenvalue weighted by molar-refractivity contribution is 0.433. The van der Waals surface area contributed by atoms with Gasteiger partial charge in [0.05, 0.1) is 11.7 Å². The Kier molecular flexibility index (Phi) is 3.82. The fraction of sp³-hybridized carbons (Fsp3) is 0.308. The molecule has 1 unspecified atom stereocenters. The number of benzene rings is 1. The van der Waals surface area contributed by atoms with Crippen LogP contribution in [-0.4, -0.2) is 9.78 Å². The molecule has 0 aliphatic heterocycles. The van der Waals surface area contributed by atoms with Crippen LogP contribution in [0.2, 0.25) is 0 Å². The third kappa shape index (κ3) is 2.19. The lowest BCUT2D eigenvalue weighted by atomic mass is 9.97. The number of rotatable bonds is 3. The first-order valence-electron chi connectivity index (χ1n) is 5.98. The monoisotopic (exact) mass is 284 g/mol. The second-order valence-electron chi connectivity index (χ2n) is 4.57.